The highest BCUT2D eigenvalue weighted by Crippen LogP contribution is 2.19. The van der Waals surface area contributed by atoms with E-state index in [2.05, 4.69) is 9.97 Å². The van der Waals surface area contributed by atoms with Crippen molar-refractivity contribution in [1.29, 1.82) is 0 Å². The lowest BCUT2D eigenvalue weighted by Gasteiger charge is -2.27. The van der Waals surface area contributed by atoms with Gasteiger partial charge in [-0.3, -0.25) is 4.79 Å². The van der Waals surface area contributed by atoms with Gasteiger partial charge in [0.25, 0.3) is 5.91 Å². The smallest absolute Gasteiger partial charge is 0.272 e. The number of hydrogen-bond acceptors (Lipinski definition) is 5. The lowest BCUT2D eigenvalue weighted by atomic mass is 10.2. The summed E-state index contributed by atoms with van der Waals surface area (Å²) in [5.41, 5.74) is 0.971. The van der Waals surface area contributed by atoms with Gasteiger partial charge in [0.1, 0.15) is 11.5 Å². The van der Waals surface area contributed by atoms with E-state index in [9.17, 15) is 9.18 Å². The van der Waals surface area contributed by atoms with E-state index in [1.165, 1.54) is 17.0 Å². The van der Waals surface area contributed by atoms with Gasteiger partial charge in [0, 0.05) is 37.9 Å². The summed E-state index contributed by atoms with van der Waals surface area (Å²) in [7, 11) is 1.65. The Hall–Kier alpha value is -2.25. The Bertz CT molecular complexity index is 768. The largest absolute Gasteiger partial charge is 0.378 e. The van der Waals surface area contributed by atoms with Crippen LogP contribution in [0.3, 0.4) is 0 Å². The van der Waals surface area contributed by atoms with Gasteiger partial charge in [-0.05, 0) is 23.8 Å². The first-order valence-electron chi connectivity index (χ1n) is 7.90. The minimum absolute atomic E-state index is 0.252. The Morgan fingerprint density at radius 2 is 2.12 bits per heavy atom. The van der Waals surface area contributed by atoms with Gasteiger partial charge in [0.05, 0.1) is 13.2 Å². The summed E-state index contributed by atoms with van der Waals surface area (Å²) in [6, 6.07) is 5.70. The van der Waals surface area contributed by atoms with Gasteiger partial charge >= 0.3 is 0 Å². The van der Waals surface area contributed by atoms with E-state index < -0.39 is 5.82 Å². The number of benzene rings is 1. The second-order valence-corrected chi connectivity index (χ2v) is 6.15. The zero-order valence-electron chi connectivity index (χ0n) is 13.8. The zero-order valence-corrected chi connectivity index (χ0v) is 14.5. The predicted molar refractivity (Wildman–Crippen MR) is 92.3 cm³/mol. The quantitative estimate of drug-likeness (QED) is 0.833. The fourth-order valence-electron chi connectivity index (χ4n) is 2.56. The van der Waals surface area contributed by atoms with Crippen molar-refractivity contribution in [1.82, 2.24) is 14.9 Å². The first-order chi connectivity index (χ1) is 12.0. The van der Waals surface area contributed by atoms with Crippen molar-refractivity contribution in [3.8, 4) is 0 Å². The summed E-state index contributed by atoms with van der Waals surface area (Å²) < 4.78 is 18.4. The maximum atomic E-state index is 13.1. The van der Waals surface area contributed by atoms with Crippen molar-refractivity contribution in [2.75, 3.05) is 38.3 Å². The van der Waals surface area contributed by atoms with Gasteiger partial charge in [-0.2, -0.15) is 0 Å². The lowest BCUT2D eigenvalue weighted by molar-refractivity contribution is 0.0779. The molecule has 0 aliphatic carbocycles. The highest BCUT2D eigenvalue weighted by molar-refractivity contribution is 6.31. The molecule has 1 fully saturated rings. The van der Waals surface area contributed by atoms with Gasteiger partial charge in [0.15, 0.2) is 0 Å². The lowest BCUT2D eigenvalue weighted by Crippen LogP contribution is -2.37. The van der Waals surface area contributed by atoms with Crippen LogP contribution in [0.2, 0.25) is 5.02 Å². The average Bonchev–Trinajstić information content (AvgIpc) is 2.64. The summed E-state index contributed by atoms with van der Waals surface area (Å²) >= 11 is 6.03. The van der Waals surface area contributed by atoms with Crippen LogP contribution in [0.1, 0.15) is 16.1 Å². The Balaban J connectivity index is 1.73. The number of ether oxygens (including phenoxy) is 1. The first-order valence-corrected chi connectivity index (χ1v) is 8.27. The molecule has 0 spiro atoms. The number of nitrogens with zero attached hydrogens (tertiary/aromatic N) is 4. The number of halogens is 2. The molecule has 1 aliphatic heterocycles. The van der Waals surface area contributed by atoms with Crippen LogP contribution in [0.15, 0.2) is 30.5 Å². The molecule has 0 bridgehead atoms. The molecule has 25 heavy (non-hydrogen) atoms. The van der Waals surface area contributed by atoms with E-state index in [1.54, 1.807) is 25.4 Å². The molecule has 1 aliphatic rings. The molecule has 3 rings (SSSR count). The molecule has 0 radical (unpaired) electrons. The number of morpholine rings is 1. The summed E-state index contributed by atoms with van der Waals surface area (Å²) in [6.07, 6.45) is 1.57. The van der Waals surface area contributed by atoms with Gasteiger partial charge < -0.3 is 14.5 Å². The number of anilines is 1. The number of amides is 1. The van der Waals surface area contributed by atoms with Crippen LogP contribution in [0.25, 0.3) is 0 Å². The molecule has 1 aromatic carbocycles. The van der Waals surface area contributed by atoms with Crippen LogP contribution in [0.4, 0.5) is 10.3 Å². The minimum Gasteiger partial charge on any atom is -0.378 e. The highest BCUT2D eigenvalue weighted by atomic mass is 35.5. The second kappa shape index (κ2) is 7.76. The van der Waals surface area contributed by atoms with E-state index in [0.717, 1.165) is 0 Å². The predicted octanol–water partition coefficient (Wildman–Crippen LogP) is 2.38. The second-order valence-electron chi connectivity index (χ2n) is 5.74. The number of carbonyl (C=O) groups is 1. The van der Waals surface area contributed by atoms with Crippen molar-refractivity contribution in [2.24, 2.45) is 0 Å². The first kappa shape index (κ1) is 17.6. The third kappa shape index (κ3) is 4.24. The molecule has 2 aromatic rings. The summed E-state index contributed by atoms with van der Waals surface area (Å²) in [5, 5.41) is 0.288. The standard InChI is InChI=1S/C17H18ClFN4O2/c1-22(11-12-2-3-13(19)10-14(12)18)16(24)15-4-5-20-17(21-15)23-6-8-25-9-7-23/h2-5,10H,6-9,11H2,1H3. The number of carbonyl (C=O) groups excluding carboxylic acids is 1. The molecule has 0 atom stereocenters. The summed E-state index contributed by atoms with van der Waals surface area (Å²) in [4.78, 5) is 24.7. The van der Waals surface area contributed by atoms with Crippen molar-refractivity contribution >= 4 is 23.5 Å². The van der Waals surface area contributed by atoms with Crippen molar-refractivity contribution in [3.05, 3.63) is 52.6 Å². The molecule has 6 nitrogen and oxygen atoms in total. The SMILES string of the molecule is CN(Cc1ccc(F)cc1Cl)C(=O)c1ccnc(N2CCOCC2)n1. The molecule has 0 N–H and O–H groups in total. The van der Waals surface area contributed by atoms with Gasteiger partial charge in [0.2, 0.25) is 5.95 Å². The number of hydrogen-bond donors (Lipinski definition) is 0. The molecule has 2 heterocycles. The van der Waals surface area contributed by atoms with Crippen LogP contribution >= 0.6 is 11.6 Å². The third-order valence-corrected chi connectivity index (χ3v) is 4.28. The van der Waals surface area contributed by atoms with Crippen molar-refractivity contribution in [3.63, 3.8) is 0 Å². The Morgan fingerprint density at radius 3 is 2.84 bits per heavy atom. The number of rotatable bonds is 4. The fraction of sp³-hybridized carbons (Fsp3) is 0.353. The molecule has 8 heteroatoms. The molecule has 1 saturated heterocycles. The maximum absolute atomic E-state index is 13.1. The number of aromatic nitrogens is 2. The van der Waals surface area contributed by atoms with Crippen molar-refractivity contribution in [2.45, 2.75) is 6.54 Å². The molecule has 132 valence electrons. The Labute approximate surface area is 150 Å². The van der Waals surface area contributed by atoms with Crippen LogP contribution < -0.4 is 4.90 Å². The van der Waals surface area contributed by atoms with Gasteiger partial charge in [-0.1, -0.05) is 17.7 Å². The van der Waals surface area contributed by atoms with E-state index in [4.69, 9.17) is 16.3 Å². The maximum Gasteiger partial charge on any atom is 0.272 e. The summed E-state index contributed by atoms with van der Waals surface area (Å²) in [6.45, 7) is 2.88. The highest BCUT2D eigenvalue weighted by Gasteiger charge is 2.19. The monoisotopic (exact) mass is 364 g/mol. The van der Waals surface area contributed by atoms with Gasteiger partial charge in [-0.25, -0.2) is 14.4 Å². The van der Waals surface area contributed by atoms with Crippen LogP contribution in [-0.2, 0) is 11.3 Å². The van der Waals surface area contributed by atoms with E-state index in [0.29, 0.717) is 43.5 Å². The molecule has 0 saturated carbocycles. The Morgan fingerprint density at radius 1 is 1.36 bits per heavy atom. The van der Waals surface area contributed by atoms with E-state index in [-0.39, 0.29) is 17.5 Å². The van der Waals surface area contributed by atoms with Gasteiger partial charge in [-0.15, -0.1) is 0 Å². The zero-order chi connectivity index (χ0) is 17.8. The average molecular weight is 365 g/mol. The molecule has 0 unspecified atom stereocenters. The molecule has 1 amide bonds. The Kier molecular flexibility index (Phi) is 5.45. The van der Waals surface area contributed by atoms with Crippen molar-refractivity contribution < 1.29 is 13.9 Å². The van der Waals surface area contributed by atoms with E-state index in [1.807, 2.05) is 4.90 Å². The minimum atomic E-state index is -0.409. The van der Waals surface area contributed by atoms with E-state index >= 15 is 0 Å². The van der Waals surface area contributed by atoms with Crippen LogP contribution in [0, 0.1) is 5.82 Å². The molecule has 1 aromatic heterocycles. The third-order valence-electron chi connectivity index (χ3n) is 3.93. The molecular weight excluding hydrogens is 347 g/mol. The topological polar surface area (TPSA) is 58.6 Å². The molecular formula is C17H18ClFN4O2. The normalized spacial score (nSPS) is 14.4. The fourth-order valence-corrected chi connectivity index (χ4v) is 2.78. The van der Waals surface area contributed by atoms with Crippen LogP contribution in [-0.4, -0.2) is 54.1 Å². The summed E-state index contributed by atoms with van der Waals surface area (Å²) in [5.74, 6) is -0.145. The van der Waals surface area contributed by atoms with Crippen LogP contribution in [0.5, 0.6) is 0 Å².